The van der Waals surface area contributed by atoms with E-state index in [1.807, 2.05) is 18.5 Å². The summed E-state index contributed by atoms with van der Waals surface area (Å²) in [6.45, 7) is 2.37. The van der Waals surface area contributed by atoms with Gasteiger partial charge in [0.1, 0.15) is 34.6 Å². The third-order valence-corrected chi connectivity index (χ3v) is 6.17. The fourth-order valence-corrected chi connectivity index (χ4v) is 4.35. The molecule has 32 heavy (non-hydrogen) atoms. The van der Waals surface area contributed by atoms with Crippen molar-refractivity contribution in [1.82, 2.24) is 24.9 Å². The number of H-pyrrole nitrogens is 2. The Balaban J connectivity index is 1.38. The Kier molecular flexibility index (Phi) is 5.06. The van der Waals surface area contributed by atoms with Crippen molar-refractivity contribution >= 4 is 39.2 Å². The molecule has 0 saturated heterocycles. The number of nitrogen functional groups attached to an aromatic ring is 1. The molecule has 3 aromatic heterocycles. The molecule has 0 fully saturated rings. The van der Waals surface area contributed by atoms with Crippen LogP contribution in [-0.4, -0.2) is 37.4 Å². The van der Waals surface area contributed by atoms with Gasteiger partial charge in [-0.3, -0.25) is 5.41 Å². The summed E-state index contributed by atoms with van der Waals surface area (Å²) in [7, 11) is 0. The molecule has 2 aromatic carbocycles. The Bertz CT molecular complexity index is 1450. The molecule has 0 aliphatic rings. The van der Waals surface area contributed by atoms with Crippen LogP contribution >= 0.6 is 11.3 Å². The second-order valence-corrected chi connectivity index (χ2v) is 8.39. The molecule has 3 heterocycles. The van der Waals surface area contributed by atoms with E-state index in [1.54, 1.807) is 23.5 Å². The summed E-state index contributed by atoms with van der Waals surface area (Å²) in [4.78, 5) is 21.0. The fraction of sp³-hybridized carbons (Fsp3) is 0.182. The first-order valence-electron chi connectivity index (χ1n) is 9.99. The van der Waals surface area contributed by atoms with Crippen molar-refractivity contribution in [3.63, 3.8) is 0 Å². The molecule has 5 rings (SSSR count). The number of imidazole rings is 2. The van der Waals surface area contributed by atoms with Gasteiger partial charge in [0.25, 0.3) is 0 Å². The Morgan fingerprint density at radius 3 is 2.75 bits per heavy atom. The van der Waals surface area contributed by atoms with Crippen LogP contribution in [0, 0.1) is 18.2 Å². The van der Waals surface area contributed by atoms with Crippen LogP contribution in [0.2, 0.25) is 0 Å². The fourth-order valence-electron chi connectivity index (χ4n) is 3.59. The molecule has 0 bridgehead atoms. The zero-order valence-corrected chi connectivity index (χ0v) is 18.0. The Hall–Kier alpha value is -3.79. The van der Waals surface area contributed by atoms with Gasteiger partial charge in [-0.25, -0.2) is 19.3 Å². The third-order valence-electron chi connectivity index (χ3n) is 5.17. The first-order chi connectivity index (χ1) is 15.5. The summed E-state index contributed by atoms with van der Waals surface area (Å²) in [5.41, 5.74) is 11.7. The number of aromatic amines is 2. The number of nitrogens with zero attached hydrogens (tertiary/aromatic N) is 3. The first-order valence-corrected chi connectivity index (χ1v) is 10.9. The largest absolute Gasteiger partial charge is 0.491 e. The van der Waals surface area contributed by atoms with Gasteiger partial charge in [0.15, 0.2) is 0 Å². The molecule has 5 aromatic rings. The second kappa shape index (κ2) is 8.04. The highest BCUT2D eigenvalue weighted by Crippen LogP contribution is 2.27. The molecule has 0 unspecified atom stereocenters. The van der Waals surface area contributed by atoms with Crippen molar-refractivity contribution in [2.45, 2.75) is 19.8 Å². The van der Waals surface area contributed by atoms with E-state index in [2.05, 4.69) is 24.9 Å². The number of nitrogens with one attached hydrogen (secondary N) is 3. The second-order valence-electron chi connectivity index (χ2n) is 7.45. The normalized spacial score (nSPS) is 11.4. The number of benzene rings is 2. The highest BCUT2D eigenvalue weighted by atomic mass is 32.1. The van der Waals surface area contributed by atoms with E-state index in [0.717, 1.165) is 21.6 Å². The molecular weight excluding hydrogens is 429 g/mol. The number of halogens is 1. The molecule has 0 amide bonds. The van der Waals surface area contributed by atoms with Crippen LogP contribution in [0.25, 0.3) is 22.1 Å². The van der Waals surface area contributed by atoms with Crippen LogP contribution in [0.15, 0.2) is 35.8 Å². The van der Waals surface area contributed by atoms with Crippen molar-refractivity contribution in [2.24, 2.45) is 5.73 Å². The molecule has 0 aliphatic carbocycles. The van der Waals surface area contributed by atoms with Crippen molar-refractivity contribution in [2.75, 3.05) is 6.61 Å². The third kappa shape index (κ3) is 3.92. The van der Waals surface area contributed by atoms with Crippen molar-refractivity contribution in [1.29, 1.82) is 5.41 Å². The van der Waals surface area contributed by atoms with E-state index < -0.39 is 5.82 Å². The van der Waals surface area contributed by atoms with E-state index in [-0.39, 0.29) is 5.84 Å². The zero-order valence-electron chi connectivity index (χ0n) is 17.2. The van der Waals surface area contributed by atoms with Gasteiger partial charge < -0.3 is 20.4 Å². The number of aromatic nitrogens is 5. The average Bonchev–Trinajstić information content (AvgIpc) is 3.45. The number of hydrogen-bond donors (Lipinski definition) is 4. The highest BCUT2D eigenvalue weighted by molar-refractivity contribution is 7.09. The van der Waals surface area contributed by atoms with Gasteiger partial charge in [0.2, 0.25) is 0 Å². The Morgan fingerprint density at radius 1 is 1.16 bits per heavy atom. The van der Waals surface area contributed by atoms with Gasteiger partial charge in [-0.1, -0.05) is 0 Å². The molecule has 0 atom stereocenters. The molecule has 8 nitrogen and oxygen atoms in total. The minimum atomic E-state index is -0.392. The summed E-state index contributed by atoms with van der Waals surface area (Å²) in [6.07, 6.45) is 1.10. The van der Waals surface area contributed by atoms with Crippen LogP contribution in [0.3, 0.4) is 0 Å². The van der Waals surface area contributed by atoms with Crippen LogP contribution in [-0.2, 0) is 12.8 Å². The summed E-state index contributed by atoms with van der Waals surface area (Å²) in [6, 6.07) is 8.13. The van der Waals surface area contributed by atoms with E-state index in [4.69, 9.17) is 15.9 Å². The standard InChI is InChI=1S/C22H20FN7OS/c1-11-18(32-10-26-11)4-5-31-17-8-13(23)7-16-21(17)30-20(29-16)9-19-27-14-3-2-12(22(24)25)6-15(14)28-19/h2-3,6-8,10H,4-5,9H2,1H3,(H3,24,25)(H,27,28)(H,29,30). The number of ether oxygens (including phenoxy) is 1. The van der Waals surface area contributed by atoms with Gasteiger partial charge in [-0.05, 0) is 31.2 Å². The van der Waals surface area contributed by atoms with Gasteiger partial charge in [-0.2, -0.15) is 0 Å². The monoisotopic (exact) mass is 449 g/mol. The minimum absolute atomic E-state index is 0.000363. The van der Waals surface area contributed by atoms with Gasteiger partial charge in [0, 0.05) is 22.9 Å². The van der Waals surface area contributed by atoms with Crippen molar-refractivity contribution < 1.29 is 9.13 Å². The molecular formula is C22H20FN7OS. The number of thiazole rings is 1. The quantitative estimate of drug-likeness (QED) is 0.222. The van der Waals surface area contributed by atoms with Gasteiger partial charge >= 0.3 is 0 Å². The topological polar surface area (TPSA) is 129 Å². The summed E-state index contributed by atoms with van der Waals surface area (Å²) in [5, 5.41) is 7.58. The van der Waals surface area contributed by atoms with E-state index in [1.165, 1.54) is 12.1 Å². The van der Waals surface area contributed by atoms with Crippen LogP contribution in [0.5, 0.6) is 5.75 Å². The smallest absolute Gasteiger partial charge is 0.150 e. The van der Waals surface area contributed by atoms with E-state index >= 15 is 0 Å². The maximum Gasteiger partial charge on any atom is 0.150 e. The first kappa shape index (κ1) is 20.1. The number of amidine groups is 1. The average molecular weight is 450 g/mol. The molecule has 0 saturated carbocycles. The lowest BCUT2D eigenvalue weighted by Gasteiger charge is -2.06. The molecule has 5 N–H and O–H groups in total. The SMILES string of the molecule is Cc1ncsc1CCOc1cc(F)cc2[nH]c(Cc3nc4ccc(C(=N)N)cc4[nH]3)nc12. The molecule has 0 aliphatic heterocycles. The van der Waals surface area contributed by atoms with Gasteiger partial charge in [-0.15, -0.1) is 11.3 Å². The van der Waals surface area contributed by atoms with Crippen LogP contribution in [0.4, 0.5) is 4.39 Å². The zero-order chi connectivity index (χ0) is 22.2. The molecule has 10 heteroatoms. The van der Waals surface area contributed by atoms with Crippen LogP contribution < -0.4 is 10.5 Å². The maximum atomic E-state index is 14.2. The van der Waals surface area contributed by atoms with Crippen LogP contribution in [0.1, 0.15) is 27.8 Å². The summed E-state index contributed by atoms with van der Waals surface area (Å²) >= 11 is 1.58. The summed E-state index contributed by atoms with van der Waals surface area (Å²) < 4.78 is 20.0. The number of aryl methyl sites for hydroxylation is 1. The number of fused-ring (bicyclic) bond motifs is 2. The summed E-state index contributed by atoms with van der Waals surface area (Å²) in [5.74, 6) is 1.35. The highest BCUT2D eigenvalue weighted by Gasteiger charge is 2.14. The minimum Gasteiger partial charge on any atom is -0.491 e. The predicted molar refractivity (Wildman–Crippen MR) is 122 cm³/mol. The van der Waals surface area contributed by atoms with E-state index in [9.17, 15) is 4.39 Å². The predicted octanol–water partition coefficient (Wildman–Crippen LogP) is 3.84. The van der Waals surface area contributed by atoms with Crippen molar-refractivity contribution in [3.8, 4) is 5.75 Å². The lowest BCUT2D eigenvalue weighted by molar-refractivity contribution is 0.324. The lowest BCUT2D eigenvalue weighted by Crippen LogP contribution is -2.10. The van der Waals surface area contributed by atoms with Gasteiger partial charge in [0.05, 0.1) is 40.8 Å². The number of hydrogen-bond acceptors (Lipinski definition) is 6. The van der Waals surface area contributed by atoms with E-state index in [0.29, 0.717) is 53.4 Å². The Labute approximate surface area is 186 Å². The maximum absolute atomic E-state index is 14.2. The van der Waals surface area contributed by atoms with Crippen molar-refractivity contribution in [3.05, 3.63) is 69.4 Å². The Morgan fingerprint density at radius 2 is 1.97 bits per heavy atom. The molecule has 0 spiro atoms. The molecule has 0 radical (unpaired) electrons. The molecule has 162 valence electrons. The lowest BCUT2D eigenvalue weighted by atomic mass is 10.2. The number of nitrogens with two attached hydrogens (primary N) is 1. The number of rotatable bonds is 7.